The summed E-state index contributed by atoms with van der Waals surface area (Å²) in [7, 11) is 0. The Bertz CT molecular complexity index is 497. The number of aromatic nitrogens is 2. The molecule has 0 saturated carbocycles. The molecule has 0 spiro atoms. The summed E-state index contributed by atoms with van der Waals surface area (Å²) >= 11 is 0. The zero-order valence-electron chi connectivity index (χ0n) is 9.10. The van der Waals surface area contributed by atoms with E-state index in [1.54, 1.807) is 6.92 Å². The normalized spacial score (nSPS) is 11.8. The predicted octanol–water partition coefficient (Wildman–Crippen LogP) is 3.13. The fourth-order valence-electron chi connectivity index (χ4n) is 1.53. The fourth-order valence-corrected chi connectivity index (χ4v) is 1.53. The monoisotopic (exact) mass is 239 g/mol. The molecule has 1 aromatic carbocycles. The van der Waals surface area contributed by atoms with Gasteiger partial charge >= 0.3 is 6.18 Å². The number of rotatable bonds is 2. The molecule has 0 bridgehead atoms. The maximum Gasteiger partial charge on any atom is 0.416 e. The molecule has 2 rings (SSSR count). The van der Waals surface area contributed by atoms with Gasteiger partial charge in [-0.3, -0.25) is 0 Å². The minimum atomic E-state index is -4.28. The smallest absolute Gasteiger partial charge is 0.345 e. The van der Waals surface area contributed by atoms with E-state index in [-0.39, 0.29) is 0 Å². The molecular formula is C12H10F3N2. The number of aryl methyl sites for hydroxylation is 1. The third-order valence-electron chi connectivity index (χ3n) is 2.35. The van der Waals surface area contributed by atoms with Gasteiger partial charge in [-0.2, -0.15) is 13.2 Å². The van der Waals surface area contributed by atoms with Crippen molar-refractivity contribution in [3.05, 3.63) is 53.1 Å². The Kier molecular flexibility index (Phi) is 2.92. The van der Waals surface area contributed by atoms with Crippen molar-refractivity contribution in [1.82, 2.24) is 9.97 Å². The molecule has 5 heteroatoms. The van der Waals surface area contributed by atoms with Crippen LogP contribution in [0.5, 0.6) is 0 Å². The van der Waals surface area contributed by atoms with Crippen molar-refractivity contribution in [2.45, 2.75) is 19.5 Å². The molecule has 0 atom stereocenters. The molecule has 0 unspecified atom stereocenters. The molecule has 0 aliphatic rings. The van der Waals surface area contributed by atoms with Crippen LogP contribution < -0.4 is 0 Å². The summed E-state index contributed by atoms with van der Waals surface area (Å²) in [5, 5.41) is 0. The van der Waals surface area contributed by atoms with Crippen molar-refractivity contribution in [2.75, 3.05) is 0 Å². The Morgan fingerprint density at radius 2 is 1.88 bits per heavy atom. The van der Waals surface area contributed by atoms with Crippen molar-refractivity contribution in [1.29, 1.82) is 0 Å². The number of aromatic amines is 1. The summed E-state index contributed by atoms with van der Waals surface area (Å²) in [6.45, 7) is 1.80. The number of hydrogen-bond acceptors (Lipinski definition) is 1. The Labute approximate surface area is 96.5 Å². The van der Waals surface area contributed by atoms with Gasteiger partial charge in [0.05, 0.1) is 5.56 Å². The van der Waals surface area contributed by atoms with E-state index in [4.69, 9.17) is 0 Å². The summed E-state index contributed by atoms with van der Waals surface area (Å²) in [4.78, 5) is 6.89. The second-order valence-corrected chi connectivity index (χ2v) is 3.78. The van der Waals surface area contributed by atoms with Gasteiger partial charge in [-0.05, 0) is 24.6 Å². The molecule has 0 amide bonds. The minimum absolute atomic E-state index is 0.499. The number of imidazole rings is 1. The highest BCUT2D eigenvalue weighted by Gasteiger charge is 2.29. The first-order chi connectivity index (χ1) is 7.95. The van der Waals surface area contributed by atoms with Gasteiger partial charge in [0.2, 0.25) is 0 Å². The molecule has 0 aliphatic heterocycles. The molecule has 1 N–H and O–H groups in total. The quantitative estimate of drug-likeness (QED) is 0.856. The van der Waals surface area contributed by atoms with E-state index in [0.717, 1.165) is 29.2 Å². The van der Waals surface area contributed by atoms with Crippen LogP contribution in [0.15, 0.2) is 24.3 Å². The number of benzene rings is 1. The maximum atomic E-state index is 12.3. The molecule has 89 valence electrons. The molecule has 1 aromatic heterocycles. The average Bonchev–Trinajstić information content (AvgIpc) is 2.63. The van der Waals surface area contributed by atoms with Crippen LogP contribution in [-0.2, 0) is 12.6 Å². The van der Waals surface area contributed by atoms with Gasteiger partial charge in [0.15, 0.2) is 0 Å². The average molecular weight is 239 g/mol. The standard InChI is InChI=1S/C12H10F3N2/c1-8-16-7-11(17-8)6-9-2-4-10(5-3-9)12(13,14)15/h2-5H,6H2,1H3,(H,16,17). The second kappa shape index (κ2) is 4.24. The van der Waals surface area contributed by atoms with Gasteiger partial charge in [0.25, 0.3) is 0 Å². The molecule has 1 heterocycles. The van der Waals surface area contributed by atoms with Crippen LogP contribution >= 0.6 is 0 Å². The van der Waals surface area contributed by atoms with Gasteiger partial charge in [-0.15, -0.1) is 0 Å². The first-order valence-electron chi connectivity index (χ1n) is 5.04. The Morgan fingerprint density at radius 1 is 1.24 bits per heavy atom. The van der Waals surface area contributed by atoms with Gasteiger partial charge in [-0.25, -0.2) is 4.98 Å². The number of hydrogen-bond donors (Lipinski definition) is 1. The molecule has 0 aliphatic carbocycles. The van der Waals surface area contributed by atoms with Crippen LogP contribution in [0.4, 0.5) is 13.2 Å². The Hall–Kier alpha value is -1.78. The summed E-state index contributed by atoms with van der Waals surface area (Å²) < 4.78 is 37.0. The topological polar surface area (TPSA) is 28.7 Å². The summed E-state index contributed by atoms with van der Waals surface area (Å²) in [6.07, 6.45) is -1.01. The number of H-pyrrole nitrogens is 1. The lowest BCUT2D eigenvalue weighted by atomic mass is 10.1. The number of halogens is 3. The van der Waals surface area contributed by atoms with Crippen molar-refractivity contribution in [3.63, 3.8) is 0 Å². The van der Waals surface area contributed by atoms with E-state index in [0.29, 0.717) is 6.42 Å². The summed E-state index contributed by atoms with van der Waals surface area (Å²) in [6, 6.07) is 5.09. The molecule has 17 heavy (non-hydrogen) atoms. The van der Waals surface area contributed by atoms with E-state index >= 15 is 0 Å². The highest BCUT2D eigenvalue weighted by molar-refractivity contribution is 5.27. The van der Waals surface area contributed by atoms with Crippen LogP contribution in [0.1, 0.15) is 22.6 Å². The lowest BCUT2D eigenvalue weighted by Gasteiger charge is -2.06. The largest absolute Gasteiger partial charge is 0.416 e. The lowest BCUT2D eigenvalue weighted by Crippen LogP contribution is -2.04. The van der Waals surface area contributed by atoms with Crippen LogP contribution in [0.25, 0.3) is 0 Å². The Morgan fingerprint density at radius 3 is 2.35 bits per heavy atom. The summed E-state index contributed by atoms with van der Waals surface area (Å²) in [5.74, 6) is 0.743. The van der Waals surface area contributed by atoms with Crippen molar-refractivity contribution < 1.29 is 13.2 Å². The van der Waals surface area contributed by atoms with Gasteiger partial charge in [0.1, 0.15) is 12.0 Å². The zero-order chi connectivity index (χ0) is 12.5. The first-order valence-corrected chi connectivity index (χ1v) is 5.04. The van der Waals surface area contributed by atoms with Crippen molar-refractivity contribution in [3.8, 4) is 0 Å². The van der Waals surface area contributed by atoms with Crippen LogP contribution in [-0.4, -0.2) is 9.97 Å². The molecule has 0 fully saturated rings. The second-order valence-electron chi connectivity index (χ2n) is 3.78. The summed E-state index contributed by atoms with van der Waals surface area (Å²) in [5.41, 5.74) is 0.922. The zero-order valence-corrected chi connectivity index (χ0v) is 9.10. The third-order valence-corrected chi connectivity index (χ3v) is 2.35. The number of nitrogens with one attached hydrogen (secondary N) is 1. The molecule has 2 nitrogen and oxygen atoms in total. The van der Waals surface area contributed by atoms with Gasteiger partial charge in [-0.1, -0.05) is 12.1 Å². The highest BCUT2D eigenvalue weighted by atomic mass is 19.4. The van der Waals surface area contributed by atoms with Crippen LogP contribution in [0, 0.1) is 13.1 Å². The minimum Gasteiger partial charge on any atom is -0.345 e. The third kappa shape index (κ3) is 2.87. The molecule has 1 radical (unpaired) electrons. The fraction of sp³-hybridized carbons (Fsp3) is 0.250. The first kappa shape index (κ1) is 11.7. The lowest BCUT2D eigenvalue weighted by molar-refractivity contribution is -0.137. The van der Waals surface area contributed by atoms with E-state index in [9.17, 15) is 13.2 Å². The van der Waals surface area contributed by atoms with E-state index in [2.05, 4.69) is 16.2 Å². The van der Waals surface area contributed by atoms with Crippen molar-refractivity contribution in [2.24, 2.45) is 0 Å². The van der Waals surface area contributed by atoms with Gasteiger partial charge < -0.3 is 4.98 Å². The van der Waals surface area contributed by atoms with Crippen molar-refractivity contribution >= 4 is 0 Å². The van der Waals surface area contributed by atoms with Gasteiger partial charge in [0, 0.05) is 12.1 Å². The molecule has 0 saturated heterocycles. The predicted molar refractivity (Wildman–Crippen MR) is 56.4 cm³/mol. The number of nitrogens with zero attached hydrogens (tertiary/aromatic N) is 1. The SMILES string of the molecule is Cc1n[c]c(Cc2ccc(C(F)(F)F)cc2)[nH]1. The van der Waals surface area contributed by atoms with E-state index in [1.807, 2.05) is 0 Å². The highest BCUT2D eigenvalue weighted by Crippen LogP contribution is 2.29. The molecule has 2 aromatic rings. The van der Waals surface area contributed by atoms with Crippen LogP contribution in [0.2, 0.25) is 0 Å². The van der Waals surface area contributed by atoms with E-state index < -0.39 is 11.7 Å². The number of alkyl halides is 3. The Balaban J connectivity index is 2.13. The van der Waals surface area contributed by atoms with Crippen LogP contribution in [0.3, 0.4) is 0 Å². The molecular weight excluding hydrogens is 229 g/mol. The van der Waals surface area contributed by atoms with E-state index in [1.165, 1.54) is 12.1 Å². The maximum absolute atomic E-state index is 12.3.